The van der Waals surface area contributed by atoms with Gasteiger partial charge in [0.2, 0.25) is 5.67 Å². The lowest BCUT2D eigenvalue weighted by Gasteiger charge is -2.40. The van der Waals surface area contributed by atoms with Crippen molar-refractivity contribution >= 4 is 11.4 Å². The largest absolute Gasteiger partial charge is 0.494 e. The van der Waals surface area contributed by atoms with Gasteiger partial charge in [-0.1, -0.05) is 0 Å². The second kappa shape index (κ2) is 7.35. The van der Waals surface area contributed by atoms with Crippen molar-refractivity contribution in [3.8, 4) is 22.9 Å². The number of nitriles is 1. The normalized spacial score (nSPS) is 18.5. The molecule has 0 aliphatic carbocycles. The molecule has 0 aromatic carbocycles. The zero-order valence-electron chi connectivity index (χ0n) is 17.1. The van der Waals surface area contributed by atoms with Crippen LogP contribution >= 0.6 is 0 Å². The van der Waals surface area contributed by atoms with Crippen LogP contribution in [-0.2, 0) is 4.79 Å². The van der Waals surface area contributed by atoms with E-state index in [9.17, 15) is 14.4 Å². The standard InChI is InChI=1S/C21H22FN7O2/c1-31-18-6-14(10-29-19(18)15(7-23)8-26-29)16-9-25-28(11-16)17-2-4-27(5-3-17)20(30)21(22)12-24-13-21/h6,8-11,17,24H,2-5,12-13H2,1H3. The van der Waals surface area contributed by atoms with E-state index in [0.717, 1.165) is 24.0 Å². The van der Waals surface area contributed by atoms with Crippen LogP contribution in [-0.4, -0.2) is 69.2 Å². The molecule has 2 fully saturated rings. The van der Waals surface area contributed by atoms with E-state index in [1.54, 1.807) is 22.7 Å². The Bertz CT molecular complexity index is 1180. The summed E-state index contributed by atoms with van der Waals surface area (Å²) >= 11 is 0. The second-order valence-electron chi connectivity index (χ2n) is 8.06. The van der Waals surface area contributed by atoms with Gasteiger partial charge in [0.1, 0.15) is 22.9 Å². The van der Waals surface area contributed by atoms with E-state index >= 15 is 0 Å². The Morgan fingerprint density at radius 1 is 1.26 bits per heavy atom. The van der Waals surface area contributed by atoms with E-state index in [0.29, 0.717) is 29.9 Å². The number of piperidine rings is 1. The number of halogens is 1. The highest BCUT2D eigenvalue weighted by Crippen LogP contribution is 2.31. The number of amides is 1. The fourth-order valence-electron chi connectivity index (χ4n) is 4.28. The number of carbonyl (C=O) groups is 1. The summed E-state index contributed by atoms with van der Waals surface area (Å²) < 4.78 is 23.4. The molecule has 10 heteroatoms. The van der Waals surface area contributed by atoms with Crippen molar-refractivity contribution in [2.45, 2.75) is 24.6 Å². The number of hydrogen-bond acceptors (Lipinski definition) is 6. The molecule has 0 unspecified atom stereocenters. The van der Waals surface area contributed by atoms with Crippen molar-refractivity contribution in [2.75, 3.05) is 33.3 Å². The lowest BCUT2D eigenvalue weighted by molar-refractivity contribution is -0.148. The van der Waals surface area contributed by atoms with Gasteiger partial charge < -0.3 is 15.0 Å². The number of carbonyl (C=O) groups excluding carboxylic acids is 1. The van der Waals surface area contributed by atoms with Crippen LogP contribution in [0, 0.1) is 11.3 Å². The molecule has 0 radical (unpaired) electrons. The minimum atomic E-state index is -1.73. The van der Waals surface area contributed by atoms with Gasteiger partial charge in [-0.05, 0) is 18.9 Å². The maximum atomic E-state index is 14.4. The summed E-state index contributed by atoms with van der Waals surface area (Å²) in [5.74, 6) is 0.166. The van der Waals surface area contributed by atoms with Gasteiger partial charge in [0, 0.05) is 49.7 Å². The fourth-order valence-corrected chi connectivity index (χ4v) is 4.28. The summed E-state index contributed by atoms with van der Waals surface area (Å²) in [6.45, 7) is 1.26. The number of alkyl halides is 1. The number of likely N-dealkylation sites (tertiary alicyclic amines) is 1. The van der Waals surface area contributed by atoms with Gasteiger partial charge in [-0.3, -0.25) is 9.48 Å². The average molecular weight is 423 g/mol. The van der Waals surface area contributed by atoms with Crippen LogP contribution in [0.2, 0.25) is 0 Å². The molecule has 0 spiro atoms. The molecule has 0 saturated carbocycles. The van der Waals surface area contributed by atoms with Crippen LogP contribution in [0.3, 0.4) is 0 Å². The van der Waals surface area contributed by atoms with Crippen molar-refractivity contribution in [1.82, 2.24) is 29.6 Å². The highest BCUT2D eigenvalue weighted by atomic mass is 19.1. The highest BCUT2D eigenvalue weighted by Gasteiger charge is 2.47. The predicted molar refractivity (Wildman–Crippen MR) is 109 cm³/mol. The summed E-state index contributed by atoms with van der Waals surface area (Å²) in [5, 5.41) is 20.9. The minimum Gasteiger partial charge on any atom is -0.494 e. The third kappa shape index (κ3) is 3.21. The average Bonchev–Trinajstić information content (AvgIpc) is 3.43. The summed E-state index contributed by atoms with van der Waals surface area (Å²) in [4.78, 5) is 14.0. The lowest BCUT2D eigenvalue weighted by Crippen LogP contribution is -2.65. The number of nitrogens with zero attached hydrogens (tertiary/aromatic N) is 6. The van der Waals surface area contributed by atoms with E-state index in [1.807, 2.05) is 23.1 Å². The van der Waals surface area contributed by atoms with Gasteiger partial charge in [0.15, 0.2) is 0 Å². The summed E-state index contributed by atoms with van der Waals surface area (Å²) in [7, 11) is 1.56. The van der Waals surface area contributed by atoms with E-state index in [-0.39, 0.29) is 19.1 Å². The molecule has 3 aromatic rings. The quantitative estimate of drug-likeness (QED) is 0.684. The number of aromatic nitrogens is 4. The van der Waals surface area contributed by atoms with Crippen molar-refractivity contribution in [3.63, 3.8) is 0 Å². The monoisotopic (exact) mass is 423 g/mol. The molecule has 2 saturated heterocycles. The molecule has 1 amide bonds. The molecule has 1 N–H and O–H groups in total. The molecule has 0 bridgehead atoms. The Hall–Kier alpha value is -3.45. The number of nitrogens with one attached hydrogen (secondary N) is 1. The molecule has 5 heterocycles. The molecule has 31 heavy (non-hydrogen) atoms. The molecule has 5 rings (SSSR count). The van der Waals surface area contributed by atoms with Crippen LogP contribution in [0.25, 0.3) is 16.6 Å². The van der Waals surface area contributed by atoms with Crippen LogP contribution in [0.4, 0.5) is 4.39 Å². The highest BCUT2D eigenvalue weighted by molar-refractivity contribution is 5.87. The van der Waals surface area contributed by atoms with Gasteiger partial charge >= 0.3 is 0 Å². The molecule has 3 aromatic heterocycles. The van der Waals surface area contributed by atoms with Crippen molar-refractivity contribution < 1.29 is 13.9 Å². The van der Waals surface area contributed by atoms with Gasteiger partial charge in [-0.15, -0.1) is 0 Å². The number of hydrogen-bond donors (Lipinski definition) is 1. The first kappa shape index (κ1) is 19.5. The van der Waals surface area contributed by atoms with Crippen LogP contribution in [0.5, 0.6) is 5.75 Å². The number of fused-ring (bicyclic) bond motifs is 1. The number of pyridine rings is 1. The van der Waals surface area contributed by atoms with Crippen molar-refractivity contribution in [3.05, 3.63) is 36.4 Å². The van der Waals surface area contributed by atoms with Crippen LogP contribution in [0.1, 0.15) is 24.4 Å². The SMILES string of the molecule is COc1cc(-c2cnn(C3CCN(C(=O)C4(F)CNC4)CC3)c2)cn2ncc(C#N)c12. The van der Waals surface area contributed by atoms with E-state index in [4.69, 9.17) is 4.74 Å². The Morgan fingerprint density at radius 2 is 2.03 bits per heavy atom. The van der Waals surface area contributed by atoms with Gasteiger partial charge in [-0.2, -0.15) is 15.5 Å². The Kier molecular flexibility index (Phi) is 4.63. The molecular formula is C21H22FN7O2. The third-order valence-electron chi connectivity index (χ3n) is 6.17. The smallest absolute Gasteiger partial charge is 0.262 e. The molecule has 160 valence electrons. The minimum absolute atomic E-state index is 0.105. The van der Waals surface area contributed by atoms with Gasteiger partial charge in [0.05, 0.1) is 25.5 Å². The first-order valence-electron chi connectivity index (χ1n) is 10.2. The van der Waals surface area contributed by atoms with Crippen molar-refractivity contribution in [2.24, 2.45) is 0 Å². The van der Waals surface area contributed by atoms with E-state index < -0.39 is 11.6 Å². The maximum absolute atomic E-state index is 14.4. The number of ether oxygens (including phenoxy) is 1. The Balaban J connectivity index is 1.33. The maximum Gasteiger partial charge on any atom is 0.262 e. The zero-order valence-corrected chi connectivity index (χ0v) is 17.1. The van der Waals surface area contributed by atoms with Crippen molar-refractivity contribution in [1.29, 1.82) is 5.26 Å². The fraction of sp³-hybridized carbons (Fsp3) is 0.429. The molecule has 0 atom stereocenters. The van der Waals surface area contributed by atoms with Crippen LogP contribution < -0.4 is 10.1 Å². The first-order chi connectivity index (χ1) is 15.0. The topological polar surface area (TPSA) is 100 Å². The summed E-state index contributed by atoms with van der Waals surface area (Å²) in [6, 6.07) is 4.14. The van der Waals surface area contributed by atoms with Gasteiger partial charge in [0.25, 0.3) is 5.91 Å². The molecule has 2 aliphatic rings. The van der Waals surface area contributed by atoms with E-state index in [1.165, 1.54) is 6.20 Å². The molecular weight excluding hydrogens is 401 g/mol. The predicted octanol–water partition coefficient (Wildman–Crippen LogP) is 1.55. The van der Waals surface area contributed by atoms with Gasteiger partial charge in [-0.25, -0.2) is 8.91 Å². The Morgan fingerprint density at radius 3 is 2.68 bits per heavy atom. The number of methoxy groups -OCH3 is 1. The third-order valence-corrected chi connectivity index (χ3v) is 6.17. The van der Waals surface area contributed by atoms with E-state index in [2.05, 4.69) is 21.6 Å². The molecule has 9 nitrogen and oxygen atoms in total. The zero-order chi connectivity index (χ0) is 21.6. The number of rotatable bonds is 4. The Labute approximate surface area is 178 Å². The second-order valence-corrected chi connectivity index (χ2v) is 8.06. The summed E-state index contributed by atoms with van der Waals surface area (Å²) in [6.07, 6.45) is 8.55. The first-order valence-corrected chi connectivity index (χ1v) is 10.2. The lowest BCUT2D eigenvalue weighted by atomic mass is 9.95. The molecule has 2 aliphatic heterocycles. The van der Waals surface area contributed by atoms with Crippen LogP contribution in [0.15, 0.2) is 30.9 Å². The summed E-state index contributed by atoms with van der Waals surface area (Å²) in [5.41, 5.74) is 1.11.